The topological polar surface area (TPSA) is 85.7 Å². The molecule has 2 rings (SSSR count). The zero-order valence-electron chi connectivity index (χ0n) is 11.5. The highest BCUT2D eigenvalue weighted by Gasteiger charge is 2.18. The van der Waals surface area contributed by atoms with E-state index in [-0.39, 0.29) is 22.8 Å². The SMILES string of the molecule is COc1cccc(C=O)c1Oc1nc(C)ccc1C(=O)O. The highest BCUT2D eigenvalue weighted by Crippen LogP contribution is 2.34. The van der Waals surface area contributed by atoms with Gasteiger partial charge in [0.25, 0.3) is 0 Å². The summed E-state index contributed by atoms with van der Waals surface area (Å²) < 4.78 is 10.7. The molecule has 0 atom stereocenters. The van der Waals surface area contributed by atoms with Crippen molar-refractivity contribution < 1.29 is 24.2 Å². The summed E-state index contributed by atoms with van der Waals surface area (Å²) in [4.78, 5) is 26.4. The van der Waals surface area contributed by atoms with Gasteiger partial charge in [0.05, 0.1) is 12.7 Å². The summed E-state index contributed by atoms with van der Waals surface area (Å²) in [6.45, 7) is 1.71. The number of benzene rings is 1. The van der Waals surface area contributed by atoms with Gasteiger partial charge in [-0.25, -0.2) is 9.78 Å². The molecule has 0 amide bonds. The van der Waals surface area contributed by atoms with Crippen LogP contribution in [0.1, 0.15) is 26.4 Å². The van der Waals surface area contributed by atoms with Gasteiger partial charge in [0.1, 0.15) is 5.56 Å². The standard InChI is InChI=1S/C15H13NO5/c1-9-6-7-11(15(18)19)14(16-9)21-13-10(8-17)4-3-5-12(13)20-2/h3-8H,1-2H3,(H,18,19). The molecule has 1 N–H and O–H groups in total. The third-order valence-corrected chi connectivity index (χ3v) is 2.78. The lowest BCUT2D eigenvalue weighted by atomic mass is 10.2. The fourth-order valence-electron chi connectivity index (χ4n) is 1.77. The molecule has 0 bridgehead atoms. The molecule has 0 saturated carbocycles. The van der Waals surface area contributed by atoms with Crippen LogP contribution in [0.5, 0.6) is 17.4 Å². The number of aromatic carboxylic acids is 1. The molecule has 0 radical (unpaired) electrons. The number of para-hydroxylation sites is 1. The molecular weight excluding hydrogens is 274 g/mol. The monoisotopic (exact) mass is 287 g/mol. The summed E-state index contributed by atoms with van der Waals surface area (Å²) in [5.74, 6) is -0.801. The predicted molar refractivity (Wildman–Crippen MR) is 74.4 cm³/mol. The molecule has 1 aromatic heterocycles. The molecule has 2 aromatic rings. The molecule has 0 aliphatic rings. The summed E-state index contributed by atoms with van der Waals surface area (Å²) in [6, 6.07) is 7.76. The summed E-state index contributed by atoms with van der Waals surface area (Å²) >= 11 is 0. The smallest absolute Gasteiger partial charge is 0.341 e. The van der Waals surface area contributed by atoms with E-state index >= 15 is 0 Å². The number of carboxylic acids is 1. The fourth-order valence-corrected chi connectivity index (χ4v) is 1.77. The third kappa shape index (κ3) is 3.00. The van der Waals surface area contributed by atoms with Gasteiger partial charge in [-0.2, -0.15) is 0 Å². The Morgan fingerprint density at radius 2 is 2.05 bits per heavy atom. The highest BCUT2D eigenvalue weighted by molar-refractivity contribution is 5.90. The van der Waals surface area contributed by atoms with Crippen molar-refractivity contribution in [1.29, 1.82) is 0 Å². The lowest BCUT2D eigenvalue weighted by Gasteiger charge is -2.13. The molecule has 0 spiro atoms. The van der Waals surface area contributed by atoms with E-state index in [0.29, 0.717) is 17.7 Å². The van der Waals surface area contributed by atoms with Crippen LogP contribution in [0.15, 0.2) is 30.3 Å². The van der Waals surface area contributed by atoms with E-state index in [1.165, 1.54) is 13.2 Å². The van der Waals surface area contributed by atoms with Crippen molar-refractivity contribution in [3.8, 4) is 17.4 Å². The van der Waals surface area contributed by atoms with Crippen LogP contribution in [0.3, 0.4) is 0 Å². The highest BCUT2D eigenvalue weighted by atomic mass is 16.5. The van der Waals surface area contributed by atoms with Crippen LogP contribution in [0.4, 0.5) is 0 Å². The maximum atomic E-state index is 11.2. The molecule has 6 heteroatoms. The van der Waals surface area contributed by atoms with E-state index < -0.39 is 5.97 Å². The Balaban J connectivity index is 2.54. The molecule has 0 fully saturated rings. The van der Waals surface area contributed by atoms with E-state index in [0.717, 1.165) is 0 Å². The average molecular weight is 287 g/mol. The molecule has 0 aliphatic heterocycles. The van der Waals surface area contributed by atoms with Crippen LogP contribution in [0.25, 0.3) is 0 Å². The first-order valence-corrected chi connectivity index (χ1v) is 6.07. The molecule has 1 aromatic carbocycles. The Labute approximate surface area is 121 Å². The summed E-state index contributed by atoms with van der Waals surface area (Å²) in [5.41, 5.74) is 0.745. The Kier molecular flexibility index (Phi) is 4.18. The van der Waals surface area contributed by atoms with Crippen molar-refractivity contribution in [2.75, 3.05) is 7.11 Å². The number of rotatable bonds is 5. The fraction of sp³-hybridized carbons (Fsp3) is 0.133. The summed E-state index contributed by atoms with van der Waals surface area (Å²) in [6.07, 6.45) is 0.605. The normalized spacial score (nSPS) is 10.0. The number of aryl methyl sites for hydroxylation is 1. The van der Waals surface area contributed by atoms with E-state index in [2.05, 4.69) is 4.98 Å². The van der Waals surface area contributed by atoms with Crippen LogP contribution >= 0.6 is 0 Å². The molecule has 0 aliphatic carbocycles. The second kappa shape index (κ2) is 6.04. The average Bonchev–Trinajstić information content (AvgIpc) is 2.47. The van der Waals surface area contributed by atoms with Crippen molar-refractivity contribution in [3.63, 3.8) is 0 Å². The first kappa shape index (κ1) is 14.5. The van der Waals surface area contributed by atoms with Gasteiger partial charge in [-0.1, -0.05) is 6.07 Å². The lowest BCUT2D eigenvalue weighted by Crippen LogP contribution is -2.04. The van der Waals surface area contributed by atoms with Gasteiger partial charge >= 0.3 is 5.97 Å². The molecule has 108 valence electrons. The minimum absolute atomic E-state index is 0.0879. The van der Waals surface area contributed by atoms with Crippen molar-refractivity contribution in [1.82, 2.24) is 4.98 Å². The van der Waals surface area contributed by atoms with E-state index in [1.54, 1.807) is 31.2 Å². The van der Waals surface area contributed by atoms with Gasteiger partial charge in [-0.3, -0.25) is 4.79 Å². The van der Waals surface area contributed by atoms with Crippen LogP contribution in [0.2, 0.25) is 0 Å². The van der Waals surface area contributed by atoms with Crippen LogP contribution in [0, 0.1) is 6.92 Å². The van der Waals surface area contributed by atoms with Crippen LogP contribution in [-0.4, -0.2) is 29.5 Å². The summed E-state index contributed by atoms with van der Waals surface area (Å²) in [7, 11) is 1.43. The molecule has 0 unspecified atom stereocenters. The predicted octanol–water partition coefficient (Wildman–Crippen LogP) is 2.70. The first-order valence-electron chi connectivity index (χ1n) is 6.07. The van der Waals surface area contributed by atoms with Crippen LogP contribution in [-0.2, 0) is 0 Å². The summed E-state index contributed by atoms with van der Waals surface area (Å²) in [5, 5.41) is 9.17. The van der Waals surface area contributed by atoms with Crippen molar-refractivity contribution in [3.05, 3.63) is 47.2 Å². The second-order valence-corrected chi connectivity index (χ2v) is 4.21. The Hall–Kier alpha value is -2.89. The maximum Gasteiger partial charge on any atom is 0.341 e. The zero-order valence-corrected chi connectivity index (χ0v) is 11.5. The van der Waals surface area contributed by atoms with Gasteiger partial charge < -0.3 is 14.6 Å². The Bertz CT molecular complexity index is 696. The largest absolute Gasteiger partial charge is 0.493 e. The van der Waals surface area contributed by atoms with Gasteiger partial charge in [0.15, 0.2) is 17.8 Å². The van der Waals surface area contributed by atoms with Gasteiger partial charge in [-0.05, 0) is 31.2 Å². The Morgan fingerprint density at radius 3 is 2.67 bits per heavy atom. The number of hydrogen-bond acceptors (Lipinski definition) is 5. The van der Waals surface area contributed by atoms with Crippen LogP contribution < -0.4 is 9.47 Å². The number of carboxylic acid groups (broad SMARTS) is 1. The number of ether oxygens (including phenoxy) is 2. The number of pyridine rings is 1. The Morgan fingerprint density at radius 1 is 1.29 bits per heavy atom. The number of hydrogen-bond donors (Lipinski definition) is 1. The van der Waals surface area contributed by atoms with E-state index in [9.17, 15) is 9.59 Å². The van der Waals surface area contributed by atoms with Crippen molar-refractivity contribution in [2.45, 2.75) is 6.92 Å². The van der Waals surface area contributed by atoms with Gasteiger partial charge in [0.2, 0.25) is 5.88 Å². The van der Waals surface area contributed by atoms with Gasteiger partial charge in [0, 0.05) is 5.69 Å². The van der Waals surface area contributed by atoms with E-state index in [1.807, 2.05) is 0 Å². The molecule has 1 heterocycles. The molecule has 0 saturated heterocycles. The number of carbonyl (C=O) groups excluding carboxylic acids is 1. The number of aromatic nitrogens is 1. The molecule has 21 heavy (non-hydrogen) atoms. The van der Waals surface area contributed by atoms with Gasteiger partial charge in [-0.15, -0.1) is 0 Å². The quantitative estimate of drug-likeness (QED) is 0.851. The third-order valence-electron chi connectivity index (χ3n) is 2.78. The minimum Gasteiger partial charge on any atom is -0.493 e. The molecule has 6 nitrogen and oxygen atoms in total. The maximum absolute atomic E-state index is 11.2. The second-order valence-electron chi connectivity index (χ2n) is 4.21. The number of aldehydes is 1. The zero-order chi connectivity index (χ0) is 15.4. The first-order chi connectivity index (χ1) is 10.1. The number of methoxy groups -OCH3 is 1. The lowest BCUT2D eigenvalue weighted by molar-refractivity contribution is 0.0693. The van der Waals surface area contributed by atoms with Crippen molar-refractivity contribution in [2.24, 2.45) is 0 Å². The minimum atomic E-state index is -1.17. The molecular formula is C15H13NO5. The number of nitrogens with zero attached hydrogens (tertiary/aromatic N) is 1. The van der Waals surface area contributed by atoms with Crippen molar-refractivity contribution >= 4 is 12.3 Å². The number of carbonyl (C=O) groups is 2. The van der Waals surface area contributed by atoms with E-state index in [4.69, 9.17) is 14.6 Å².